The molecular weight excluding hydrogens is 371 g/mol. The minimum Gasteiger partial charge on any atom is -0.376 e. The average Bonchev–Trinajstić information content (AvgIpc) is 2.73. The molecule has 108 valence electrons. The molecule has 1 fully saturated rings. The van der Waals surface area contributed by atoms with Gasteiger partial charge in [-0.2, -0.15) is 0 Å². The van der Waals surface area contributed by atoms with Crippen LogP contribution in [0.15, 0.2) is 4.99 Å². The summed E-state index contributed by atoms with van der Waals surface area (Å²) in [7, 11) is -3.14. The van der Waals surface area contributed by atoms with Gasteiger partial charge >= 0.3 is 0 Å². The van der Waals surface area contributed by atoms with Crippen LogP contribution < -0.4 is 15.8 Å². The van der Waals surface area contributed by atoms with Crippen LogP contribution in [-0.4, -0.2) is 53.0 Å². The Morgan fingerprint density at radius 3 is 2.78 bits per heavy atom. The third-order valence-electron chi connectivity index (χ3n) is 2.28. The molecule has 1 atom stereocenters. The molecule has 0 bridgehead atoms. The van der Waals surface area contributed by atoms with Gasteiger partial charge in [-0.05, 0) is 12.8 Å². The third-order valence-corrected chi connectivity index (χ3v) is 3.01. The summed E-state index contributed by atoms with van der Waals surface area (Å²) < 4.78 is 29.3. The maximum Gasteiger partial charge on any atom is 0.208 e. The normalized spacial score (nSPS) is 20.5. The Kier molecular flexibility index (Phi) is 8.82. The number of aliphatic imine (C=N–C) groups is 1. The van der Waals surface area contributed by atoms with Crippen LogP contribution in [0.3, 0.4) is 0 Å². The van der Waals surface area contributed by atoms with E-state index in [-0.39, 0.29) is 36.6 Å². The first kappa shape index (κ1) is 17.9. The molecule has 0 aromatic rings. The Morgan fingerprint density at radius 2 is 2.22 bits per heavy atom. The molecule has 0 radical (unpaired) electrons. The highest BCUT2D eigenvalue weighted by Crippen LogP contribution is 2.11. The molecule has 9 heteroatoms. The molecule has 0 spiro atoms. The lowest BCUT2D eigenvalue weighted by atomic mass is 10.2. The molecule has 18 heavy (non-hydrogen) atoms. The molecule has 0 aliphatic carbocycles. The standard InChI is InChI=1S/C9H20N4O3S.HI/c1-17(14,15)13-5-4-11-9(10)12-7-8-3-2-6-16-8;/h8,13H,2-7H2,1H3,(H3,10,11,12);1H. The second-order valence-electron chi connectivity index (χ2n) is 3.95. The number of hydrogen-bond donors (Lipinski definition) is 3. The minimum absolute atomic E-state index is 0. The van der Waals surface area contributed by atoms with E-state index in [1.54, 1.807) is 0 Å². The first-order chi connectivity index (χ1) is 7.97. The van der Waals surface area contributed by atoms with Crippen molar-refractivity contribution in [3.05, 3.63) is 0 Å². The van der Waals surface area contributed by atoms with Gasteiger partial charge in [-0.3, -0.25) is 4.99 Å². The molecule has 1 saturated heterocycles. The van der Waals surface area contributed by atoms with Crippen molar-refractivity contribution in [2.75, 3.05) is 32.5 Å². The van der Waals surface area contributed by atoms with E-state index >= 15 is 0 Å². The molecule has 7 nitrogen and oxygen atoms in total. The highest BCUT2D eigenvalue weighted by Gasteiger charge is 2.14. The van der Waals surface area contributed by atoms with Crippen molar-refractivity contribution in [1.82, 2.24) is 10.0 Å². The van der Waals surface area contributed by atoms with Crippen molar-refractivity contribution >= 4 is 40.0 Å². The highest BCUT2D eigenvalue weighted by molar-refractivity contribution is 14.0. The molecule has 0 aromatic heterocycles. The zero-order valence-corrected chi connectivity index (χ0v) is 13.5. The van der Waals surface area contributed by atoms with Crippen molar-refractivity contribution in [3.8, 4) is 0 Å². The highest BCUT2D eigenvalue weighted by atomic mass is 127. The molecule has 1 heterocycles. The third kappa shape index (κ3) is 8.89. The van der Waals surface area contributed by atoms with E-state index in [9.17, 15) is 8.42 Å². The van der Waals surface area contributed by atoms with Crippen LogP contribution in [0.25, 0.3) is 0 Å². The summed E-state index contributed by atoms with van der Waals surface area (Å²) in [6.07, 6.45) is 3.38. The topological polar surface area (TPSA) is 106 Å². The summed E-state index contributed by atoms with van der Waals surface area (Å²) in [4.78, 5) is 4.12. The SMILES string of the molecule is CS(=O)(=O)NCCNC(N)=NCC1CCCO1.I. The number of nitrogens with one attached hydrogen (secondary N) is 2. The number of sulfonamides is 1. The predicted molar refractivity (Wildman–Crippen MR) is 81.7 cm³/mol. The lowest BCUT2D eigenvalue weighted by Crippen LogP contribution is -2.38. The second kappa shape index (κ2) is 8.88. The van der Waals surface area contributed by atoms with Crippen molar-refractivity contribution in [2.45, 2.75) is 18.9 Å². The maximum atomic E-state index is 10.8. The summed E-state index contributed by atoms with van der Waals surface area (Å²) in [6.45, 7) is 2.05. The average molecular weight is 392 g/mol. The number of ether oxygens (including phenoxy) is 1. The molecule has 1 rings (SSSR count). The van der Waals surface area contributed by atoms with Crippen LogP contribution in [-0.2, 0) is 14.8 Å². The predicted octanol–water partition coefficient (Wildman–Crippen LogP) is -0.763. The molecule has 1 aliphatic rings. The van der Waals surface area contributed by atoms with Crippen molar-refractivity contribution in [1.29, 1.82) is 0 Å². The first-order valence-electron chi connectivity index (χ1n) is 5.57. The molecule has 0 amide bonds. The number of nitrogens with two attached hydrogens (primary N) is 1. The summed E-state index contributed by atoms with van der Waals surface area (Å²) in [5.74, 6) is 0.316. The van der Waals surface area contributed by atoms with Gasteiger partial charge in [0.1, 0.15) is 0 Å². The van der Waals surface area contributed by atoms with E-state index in [2.05, 4.69) is 15.0 Å². The van der Waals surface area contributed by atoms with E-state index in [1.165, 1.54) is 0 Å². The lowest BCUT2D eigenvalue weighted by Gasteiger charge is -2.08. The second-order valence-corrected chi connectivity index (χ2v) is 5.79. The molecular formula is C9H21IN4O3S. The minimum atomic E-state index is -3.14. The Morgan fingerprint density at radius 1 is 1.50 bits per heavy atom. The quantitative estimate of drug-likeness (QED) is 0.239. The van der Waals surface area contributed by atoms with Crippen LogP contribution >= 0.6 is 24.0 Å². The van der Waals surface area contributed by atoms with E-state index in [0.29, 0.717) is 19.0 Å². The van der Waals surface area contributed by atoms with E-state index in [4.69, 9.17) is 10.5 Å². The fraction of sp³-hybridized carbons (Fsp3) is 0.889. The van der Waals surface area contributed by atoms with Crippen molar-refractivity contribution in [2.24, 2.45) is 10.7 Å². The Bertz CT molecular complexity index is 355. The summed E-state index contributed by atoms with van der Waals surface area (Å²) in [6, 6.07) is 0. The van der Waals surface area contributed by atoms with Crippen LogP contribution in [0.4, 0.5) is 0 Å². The van der Waals surface area contributed by atoms with Gasteiger partial charge in [0.15, 0.2) is 5.96 Å². The van der Waals surface area contributed by atoms with Crippen molar-refractivity contribution < 1.29 is 13.2 Å². The first-order valence-corrected chi connectivity index (χ1v) is 7.46. The Labute approximate surface area is 125 Å². The molecule has 0 aromatic carbocycles. The Hall–Kier alpha value is -0.130. The van der Waals surface area contributed by atoms with E-state index < -0.39 is 10.0 Å². The number of hydrogen-bond acceptors (Lipinski definition) is 4. The number of halogens is 1. The van der Waals surface area contributed by atoms with Gasteiger partial charge in [0.25, 0.3) is 0 Å². The fourth-order valence-electron chi connectivity index (χ4n) is 1.47. The maximum absolute atomic E-state index is 10.8. The van der Waals surface area contributed by atoms with Gasteiger partial charge in [0, 0.05) is 19.7 Å². The van der Waals surface area contributed by atoms with Gasteiger partial charge in [-0.15, -0.1) is 24.0 Å². The zero-order chi connectivity index (χ0) is 12.7. The zero-order valence-electron chi connectivity index (χ0n) is 10.4. The number of rotatable bonds is 6. The smallest absolute Gasteiger partial charge is 0.208 e. The molecule has 1 unspecified atom stereocenters. The summed E-state index contributed by atoms with van der Waals surface area (Å²) >= 11 is 0. The van der Waals surface area contributed by atoms with Gasteiger partial charge in [0.2, 0.25) is 10.0 Å². The van der Waals surface area contributed by atoms with Crippen LogP contribution in [0.1, 0.15) is 12.8 Å². The fourth-order valence-corrected chi connectivity index (χ4v) is 1.94. The van der Waals surface area contributed by atoms with E-state index in [1.807, 2.05) is 0 Å². The molecule has 4 N–H and O–H groups in total. The number of nitrogens with zero attached hydrogens (tertiary/aromatic N) is 1. The summed E-state index contributed by atoms with van der Waals surface area (Å²) in [5.41, 5.74) is 5.61. The largest absolute Gasteiger partial charge is 0.376 e. The lowest BCUT2D eigenvalue weighted by molar-refractivity contribution is 0.118. The van der Waals surface area contributed by atoms with E-state index in [0.717, 1.165) is 25.7 Å². The number of guanidine groups is 1. The van der Waals surface area contributed by atoms with Gasteiger partial charge in [0.05, 0.1) is 18.9 Å². The molecule has 0 saturated carbocycles. The monoisotopic (exact) mass is 392 g/mol. The Balaban J connectivity index is 0.00000289. The van der Waals surface area contributed by atoms with Gasteiger partial charge < -0.3 is 15.8 Å². The molecule has 1 aliphatic heterocycles. The van der Waals surface area contributed by atoms with Gasteiger partial charge in [-0.25, -0.2) is 13.1 Å². The van der Waals surface area contributed by atoms with Crippen LogP contribution in [0.2, 0.25) is 0 Å². The van der Waals surface area contributed by atoms with Gasteiger partial charge in [-0.1, -0.05) is 0 Å². The summed E-state index contributed by atoms with van der Waals surface area (Å²) in [5, 5.41) is 2.82. The van der Waals surface area contributed by atoms with Crippen LogP contribution in [0.5, 0.6) is 0 Å². The van der Waals surface area contributed by atoms with Crippen molar-refractivity contribution in [3.63, 3.8) is 0 Å². The van der Waals surface area contributed by atoms with Crippen LogP contribution in [0, 0.1) is 0 Å².